The Bertz CT molecular complexity index is 523. The molecule has 0 aliphatic rings. The van der Waals surface area contributed by atoms with Crippen LogP contribution < -0.4 is 5.73 Å². The molecule has 6 heteroatoms. The van der Waals surface area contributed by atoms with Crippen molar-refractivity contribution in [3.63, 3.8) is 0 Å². The summed E-state index contributed by atoms with van der Waals surface area (Å²) in [5.41, 5.74) is 7.55. The van der Waals surface area contributed by atoms with Gasteiger partial charge in [-0.3, -0.25) is 0 Å². The molecule has 0 aliphatic heterocycles. The Labute approximate surface area is 106 Å². The minimum absolute atomic E-state index is 0.262. The van der Waals surface area contributed by atoms with Crippen molar-refractivity contribution in [2.45, 2.75) is 13.0 Å². The number of aromatic nitrogens is 3. The lowest BCUT2D eigenvalue weighted by Crippen LogP contribution is -2.26. The molecule has 0 amide bonds. The first kappa shape index (κ1) is 12.7. The van der Waals surface area contributed by atoms with Crippen LogP contribution in [0.25, 0.3) is 11.6 Å². The van der Waals surface area contributed by atoms with Gasteiger partial charge in [0.2, 0.25) is 0 Å². The van der Waals surface area contributed by atoms with Gasteiger partial charge in [-0.15, -0.1) is 0 Å². The van der Waals surface area contributed by atoms with Crippen molar-refractivity contribution in [1.29, 1.82) is 0 Å². The van der Waals surface area contributed by atoms with Gasteiger partial charge in [0, 0.05) is 12.2 Å². The Morgan fingerprint density at radius 3 is 2.78 bits per heavy atom. The summed E-state index contributed by atoms with van der Waals surface area (Å²) in [6.07, 6.45) is 0. The summed E-state index contributed by atoms with van der Waals surface area (Å²) in [6.45, 7) is 2.58. The second-order valence-electron chi connectivity index (χ2n) is 4.49. The molecular weight excluding hydrogens is 230 g/mol. The Kier molecular flexibility index (Phi) is 3.69. The minimum atomic E-state index is -0.262. The molecule has 0 aliphatic carbocycles. The number of rotatable bonds is 4. The molecule has 0 fully saturated rings. The quantitative estimate of drug-likeness (QED) is 0.868. The zero-order chi connectivity index (χ0) is 13.1. The maximum absolute atomic E-state index is 5.97. The average Bonchev–Trinajstić information content (AvgIpc) is 2.77. The summed E-state index contributed by atoms with van der Waals surface area (Å²) in [4.78, 5) is 10.6. The average molecular weight is 247 g/mol. The van der Waals surface area contributed by atoms with Gasteiger partial charge in [0.1, 0.15) is 5.69 Å². The lowest BCUT2D eigenvalue weighted by atomic mass is 10.3. The maximum atomic E-state index is 5.97. The lowest BCUT2D eigenvalue weighted by Gasteiger charge is -2.12. The number of hydrogen-bond acceptors (Lipinski definition) is 6. The fourth-order valence-corrected chi connectivity index (χ4v) is 1.63. The van der Waals surface area contributed by atoms with Crippen LogP contribution in [-0.2, 0) is 0 Å². The lowest BCUT2D eigenvalue weighted by molar-refractivity contribution is 0.357. The van der Waals surface area contributed by atoms with Crippen LogP contribution in [0.5, 0.6) is 0 Å². The topological polar surface area (TPSA) is 81.1 Å². The summed E-state index contributed by atoms with van der Waals surface area (Å²) in [5, 5.41) is 3.90. The highest BCUT2D eigenvalue weighted by Crippen LogP contribution is 2.16. The third-order valence-corrected chi connectivity index (χ3v) is 2.44. The van der Waals surface area contributed by atoms with Gasteiger partial charge < -0.3 is 15.2 Å². The first-order valence-corrected chi connectivity index (χ1v) is 5.74. The van der Waals surface area contributed by atoms with E-state index in [9.17, 15) is 0 Å². The molecule has 0 spiro atoms. The van der Waals surface area contributed by atoms with E-state index in [1.54, 1.807) is 0 Å². The van der Waals surface area contributed by atoms with Crippen molar-refractivity contribution in [2.24, 2.45) is 5.73 Å². The summed E-state index contributed by atoms with van der Waals surface area (Å²) in [6, 6.07) is 5.39. The Morgan fingerprint density at radius 2 is 2.11 bits per heavy atom. The van der Waals surface area contributed by atoms with Gasteiger partial charge in [0.25, 0.3) is 5.89 Å². The van der Waals surface area contributed by atoms with Gasteiger partial charge in [0.15, 0.2) is 5.82 Å². The molecule has 0 bridgehead atoms. The molecule has 18 heavy (non-hydrogen) atoms. The fraction of sp³-hybridized carbons (Fsp3) is 0.417. The largest absolute Gasteiger partial charge is 0.332 e. The Hall–Kier alpha value is -1.79. The van der Waals surface area contributed by atoms with Gasteiger partial charge >= 0.3 is 0 Å². The van der Waals surface area contributed by atoms with Crippen LogP contribution in [0.1, 0.15) is 17.6 Å². The highest BCUT2D eigenvalue weighted by molar-refractivity contribution is 5.46. The summed E-state index contributed by atoms with van der Waals surface area (Å²) in [5.74, 6) is 0.907. The third-order valence-electron chi connectivity index (χ3n) is 2.44. The summed E-state index contributed by atoms with van der Waals surface area (Å²) >= 11 is 0. The molecule has 6 nitrogen and oxygen atoms in total. The molecule has 2 aromatic heterocycles. The van der Waals surface area contributed by atoms with Crippen molar-refractivity contribution >= 4 is 0 Å². The number of hydrogen-bond donors (Lipinski definition) is 1. The Balaban J connectivity index is 2.20. The van der Waals surface area contributed by atoms with Crippen LogP contribution in [0.2, 0.25) is 0 Å². The van der Waals surface area contributed by atoms with Crippen LogP contribution in [0.3, 0.4) is 0 Å². The van der Waals surface area contributed by atoms with E-state index in [0.29, 0.717) is 24.0 Å². The predicted molar refractivity (Wildman–Crippen MR) is 67.7 cm³/mol. The first-order valence-electron chi connectivity index (χ1n) is 5.74. The normalized spacial score (nSPS) is 12.9. The van der Waals surface area contributed by atoms with Crippen molar-refractivity contribution in [2.75, 3.05) is 20.6 Å². The minimum Gasteiger partial charge on any atom is -0.332 e. The van der Waals surface area contributed by atoms with Crippen LogP contribution in [0.15, 0.2) is 22.7 Å². The smallest absolute Gasteiger partial charge is 0.276 e. The van der Waals surface area contributed by atoms with E-state index in [2.05, 4.69) is 15.1 Å². The molecule has 2 rings (SSSR count). The fourth-order valence-electron chi connectivity index (χ4n) is 1.63. The van der Waals surface area contributed by atoms with Crippen LogP contribution in [0.4, 0.5) is 0 Å². The van der Waals surface area contributed by atoms with Crippen LogP contribution in [0, 0.1) is 6.92 Å². The van der Waals surface area contributed by atoms with E-state index in [1.165, 1.54) is 0 Å². The standard InChI is InChI=1S/C12H17N5O/c1-8-5-4-6-10(14-8)12-15-11(16-18-12)9(13)7-17(2)3/h4-6,9H,7,13H2,1-3H3. The zero-order valence-corrected chi connectivity index (χ0v) is 10.8. The Morgan fingerprint density at radius 1 is 1.33 bits per heavy atom. The molecule has 2 N–H and O–H groups in total. The summed E-state index contributed by atoms with van der Waals surface area (Å²) in [7, 11) is 3.89. The van der Waals surface area contributed by atoms with E-state index in [-0.39, 0.29) is 6.04 Å². The van der Waals surface area contributed by atoms with E-state index in [4.69, 9.17) is 10.3 Å². The number of pyridine rings is 1. The first-order chi connectivity index (χ1) is 8.56. The van der Waals surface area contributed by atoms with E-state index < -0.39 is 0 Å². The molecule has 0 saturated carbocycles. The van der Waals surface area contributed by atoms with E-state index in [1.807, 2.05) is 44.1 Å². The second-order valence-corrected chi connectivity index (χ2v) is 4.49. The van der Waals surface area contributed by atoms with Gasteiger partial charge in [-0.2, -0.15) is 4.98 Å². The summed E-state index contributed by atoms with van der Waals surface area (Å²) < 4.78 is 5.19. The number of nitrogens with two attached hydrogens (primary N) is 1. The van der Waals surface area contributed by atoms with Crippen molar-refractivity contribution in [3.05, 3.63) is 29.7 Å². The van der Waals surface area contributed by atoms with E-state index in [0.717, 1.165) is 5.69 Å². The van der Waals surface area contributed by atoms with Crippen LogP contribution >= 0.6 is 0 Å². The SMILES string of the molecule is Cc1cccc(-c2nc(C(N)CN(C)C)no2)n1. The molecule has 0 aromatic carbocycles. The van der Waals surface area contributed by atoms with Crippen LogP contribution in [-0.4, -0.2) is 40.7 Å². The maximum Gasteiger partial charge on any atom is 0.276 e. The molecule has 0 radical (unpaired) electrons. The predicted octanol–water partition coefficient (Wildman–Crippen LogP) is 1.00. The molecule has 2 aromatic rings. The van der Waals surface area contributed by atoms with Gasteiger partial charge in [-0.1, -0.05) is 11.2 Å². The highest BCUT2D eigenvalue weighted by atomic mass is 16.5. The second kappa shape index (κ2) is 5.24. The molecule has 1 unspecified atom stereocenters. The molecule has 96 valence electrons. The van der Waals surface area contributed by atoms with Crippen molar-refractivity contribution in [1.82, 2.24) is 20.0 Å². The molecular formula is C12H17N5O. The third kappa shape index (κ3) is 2.91. The van der Waals surface area contributed by atoms with E-state index >= 15 is 0 Å². The monoisotopic (exact) mass is 247 g/mol. The zero-order valence-electron chi connectivity index (χ0n) is 10.8. The van der Waals surface area contributed by atoms with Crippen molar-refractivity contribution in [3.8, 4) is 11.6 Å². The van der Waals surface area contributed by atoms with Gasteiger partial charge in [-0.25, -0.2) is 4.98 Å². The molecule has 1 atom stereocenters. The molecule has 2 heterocycles. The number of likely N-dealkylation sites (N-methyl/N-ethyl adjacent to an activating group) is 1. The van der Waals surface area contributed by atoms with Gasteiger partial charge in [0.05, 0.1) is 6.04 Å². The molecule has 0 saturated heterocycles. The number of aryl methyl sites for hydroxylation is 1. The number of nitrogens with zero attached hydrogens (tertiary/aromatic N) is 4. The highest BCUT2D eigenvalue weighted by Gasteiger charge is 2.16. The van der Waals surface area contributed by atoms with Crippen molar-refractivity contribution < 1.29 is 4.52 Å². The van der Waals surface area contributed by atoms with Gasteiger partial charge in [-0.05, 0) is 33.2 Å².